The van der Waals surface area contributed by atoms with Crippen molar-refractivity contribution in [2.24, 2.45) is 5.41 Å². The van der Waals surface area contributed by atoms with Crippen LogP contribution in [0.3, 0.4) is 0 Å². The summed E-state index contributed by atoms with van der Waals surface area (Å²) in [4.78, 5) is 43.4. The molecule has 0 saturated heterocycles. The van der Waals surface area contributed by atoms with Crippen molar-refractivity contribution >= 4 is 23.3 Å². The first-order valence-corrected chi connectivity index (χ1v) is 7.16. The largest absolute Gasteiger partial charge is 0.856 e. The summed E-state index contributed by atoms with van der Waals surface area (Å²) in [5, 5.41) is 46.5. The summed E-state index contributed by atoms with van der Waals surface area (Å²) < 4.78 is 0. The molecule has 138 valence electrons. The second kappa shape index (κ2) is 6.06. The number of hydrogen-bond acceptors (Lipinski definition) is 9. The Labute approximate surface area is 145 Å². The van der Waals surface area contributed by atoms with E-state index in [-0.39, 0.29) is 11.3 Å². The summed E-state index contributed by atoms with van der Waals surface area (Å²) in [6, 6.07) is 1.59. The van der Waals surface area contributed by atoms with Gasteiger partial charge in [0.25, 0.3) is 17.1 Å². The topological polar surface area (TPSA) is 173 Å². The molecular formula is C14H13N4O8-. The van der Waals surface area contributed by atoms with Gasteiger partial charge in [0.2, 0.25) is 0 Å². The van der Waals surface area contributed by atoms with Crippen LogP contribution in [0.1, 0.15) is 25.3 Å². The van der Waals surface area contributed by atoms with Crippen LogP contribution in [-0.2, 0) is 4.79 Å². The van der Waals surface area contributed by atoms with E-state index in [1.54, 1.807) is 0 Å². The molecule has 0 spiro atoms. The Hall–Kier alpha value is -3.57. The maximum atomic E-state index is 12.5. The number of nitrogens with zero attached hydrogens (tertiary/aromatic N) is 4. The Balaban J connectivity index is 3.01. The molecule has 0 amide bonds. The van der Waals surface area contributed by atoms with Crippen molar-refractivity contribution in [2.45, 2.75) is 19.8 Å². The Bertz CT molecular complexity index is 876. The van der Waals surface area contributed by atoms with Gasteiger partial charge in [-0.25, -0.2) is 0 Å². The van der Waals surface area contributed by atoms with Gasteiger partial charge >= 0.3 is 0 Å². The van der Waals surface area contributed by atoms with Gasteiger partial charge in [0.05, 0.1) is 26.8 Å². The Morgan fingerprint density at radius 3 is 2.08 bits per heavy atom. The molecule has 26 heavy (non-hydrogen) atoms. The lowest BCUT2D eigenvalue weighted by molar-refractivity contribution is -0.450. The van der Waals surface area contributed by atoms with E-state index < -0.39 is 49.1 Å². The molecule has 1 aromatic rings. The molecule has 0 aliphatic carbocycles. The molecule has 1 atom stereocenters. The summed E-state index contributed by atoms with van der Waals surface area (Å²) in [5.41, 5.74) is -4.33. The van der Waals surface area contributed by atoms with Crippen molar-refractivity contribution < 1.29 is 24.7 Å². The molecular weight excluding hydrogens is 352 g/mol. The van der Waals surface area contributed by atoms with E-state index in [1.807, 2.05) is 0 Å². The standard InChI is InChI=1S/C14H14N4O8/c1-14(2,6-19)10-8-4-7(16(21)22)5-9(17(23)24)11(8)15(3)13(20)12(10)18(25)26/h4-6,10,20H,1-3H3/p-1. The third-order valence-corrected chi connectivity index (χ3v) is 4.20. The van der Waals surface area contributed by atoms with Crippen LogP contribution in [0.15, 0.2) is 23.7 Å². The summed E-state index contributed by atoms with van der Waals surface area (Å²) in [7, 11) is 1.09. The van der Waals surface area contributed by atoms with Gasteiger partial charge in [0.15, 0.2) is 0 Å². The molecule has 0 bridgehead atoms. The lowest BCUT2D eigenvalue weighted by Crippen LogP contribution is -2.41. The first-order valence-electron chi connectivity index (χ1n) is 7.16. The molecule has 1 aromatic carbocycles. The number of carbonyl (C=O) groups is 1. The molecule has 0 fully saturated rings. The first kappa shape index (κ1) is 18.8. The molecule has 12 nitrogen and oxygen atoms in total. The van der Waals surface area contributed by atoms with E-state index in [1.165, 1.54) is 13.8 Å². The van der Waals surface area contributed by atoms with Gasteiger partial charge in [-0.05, 0) is 0 Å². The molecule has 1 aliphatic rings. The van der Waals surface area contributed by atoms with E-state index in [0.29, 0.717) is 17.3 Å². The van der Waals surface area contributed by atoms with Gasteiger partial charge in [-0.2, -0.15) is 0 Å². The van der Waals surface area contributed by atoms with Gasteiger partial charge in [0, 0.05) is 30.0 Å². The number of aldehydes is 1. The maximum Gasteiger partial charge on any atom is 0.300 e. The Kier molecular flexibility index (Phi) is 4.37. The molecule has 1 aliphatic heterocycles. The van der Waals surface area contributed by atoms with Crippen LogP contribution in [0.4, 0.5) is 17.1 Å². The predicted molar refractivity (Wildman–Crippen MR) is 84.8 cm³/mol. The van der Waals surface area contributed by atoms with Crippen LogP contribution in [-0.4, -0.2) is 28.1 Å². The smallest absolute Gasteiger partial charge is 0.300 e. The van der Waals surface area contributed by atoms with Crippen molar-refractivity contribution in [3.8, 4) is 0 Å². The maximum absolute atomic E-state index is 12.5. The minimum absolute atomic E-state index is 0.197. The zero-order valence-electron chi connectivity index (χ0n) is 13.9. The summed E-state index contributed by atoms with van der Waals surface area (Å²) in [6.45, 7) is 2.61. The lowest BCUT2D eigenvalue weighted by atomic mass is 9.72. The Morgan fingerprint density at radius 2 is 1.65 bits per heavy atom. The minimum Gasteiger partial charge on any atom is -0.856 e. The summed E-state index contributed by atoms with van der Waals surface area (Å²) in [6.07, 6.45) is 0.369. The van der Waals surface area contributed by atoms with Crippen molar-refractivity contribution in [3.05, 3.63) is 59.6 Å². The fraction of sp³-hybridized carbons (Fsp3) is 0.357. The molecule has 1 unspecified atom stereocenters. The van der Waals surface area contributed by atoms with E-state index in [2.05, 4.69) is 0 Å². The van der Waals surface area contributed by atoms with Crippen LogP contribution < -0.4 is 10.0 Å². The van der Waals surface area contributed by atoms with Crippen molar-refractivity contribution in [2.75, 3.05) is 11.9 Å². The zero-order chi connectivity index (χ0) is 20.0. The number of nitro benzene ring substituents is 2. The van der Waals surface area contributed by atoms with Crippen LogP contribution in [0, 0.1) is 35.8 Å². The fourth-order valence-electron chi connectivity index (χ4n) is 3.00. The normalized spacial score (nSPS) is 16.9. The highest BCUT2D eigenvalue weighted by molar-refractivity contribution is 5.78. The molecule has 0 N–H and O–H groups in total. The third kappa shape index (κ3) is 2.70. The average molecular weight is 365 g/mol. The molecule has 12 heteroatoms. The Morgan fingerprint density at radius 1 is 1.08 bits per heavy atom. The number of benzene rings is 1. The van der Waals surface area contributed by atoms with E-state index in [9.17, 15) is 40.2 Å². The molecule has 0 saturated carbocycles. The number of anilines is 1. The second-order valence-corrected chi connectivity index (χ2v) is 6.30. The summed E-state index contributed by atoms with van der Waals surface area (Å²) >= 11 is 0. The number of non-ortho nitro benzene ring substituents is 1. The fourth-order valence-corrected chi connectivity index (χ4v) is 3.00. The van der Waals surface area contributed by atoms with E-state index in [4.69, 9.17) is 0 Å². The van der Waals surface area contributed by atoms with Crippen molar-refractivity contribution in [1.29, 1.82) is 0 Å². The van der Waals surface area contributed by atoms with Crippen LogP contribution in [0.25, 0.3) is 0 Å². The highest BCUT2D eigenvalue weighted by atomic mass is 16.6. The van der Waals surface area contributed by atoms with Gasteiger partial charge in [-0.1, -0.05) is 13.8 Å². The molecule has 1 heterocycles. The van der Waals surface area contributed by atoms with Gasteiger partial charge in [-0.15, -0.1) is 0 Å². The number of rotatable bonds is 5. The monoisotopic (exact) mass is 365 g/mol. The van der Waals surface area contributed by atoms with Gasteiger partial charge in [0.1, 0.15) is 12.0 Å². The number of carbonyl (C=O) groups excluding carboxylic acids is 1. The minimum atomic E-state index is -1.52. The number of fused-ring (bicyclic) bond motifs is 1. The molecule has 0 radical (unpaired) electrons. The predicted octanol–water partition coefficient (Wildman–Crippen LogP) is 1.07. The quantitative estimate of drug-likeness (QED) is 0.420. The highest BCUT2D eigenvalue weighted by Crippen LogP contribution is 2.51. The zero-order valence-corrected chi connectivity index (χ0v) is 13.9. The van der Waals surface area contributed by atoms with E-state index in [0.717, 1.165) is 13.1 Å². The van der Waals surface area contributed by atoms with Crippen LogP contribution >= 0.6 is 0 Å². The molecule has 0 aromatic heterocycles. The van der Waals surface area contributed by atoms with Crippen molar-refractivity contribution in [3.63, 3.8) is 0 Å². The molecule has 2 rings (SSSR count). The number of allylic oxidation sites excluding steroid dienone is 1. The second-order valence-electron chi connectivity index (χ2n) is 6.30. The van der Waals surface area contributed by atoms with Gasteiger partial charge in [-0.3, -0.25) is 30.3 Å². The number of hydrogen-bond donors (Lipinski definition) is 0. The van der Waals surface area contributed by atoms with E-state index >= 15 is 0 Å². The SMILES string of the molecule is CN1C([O-])=C([N+](=O)[O-])C(C(C)(C)C=O)c2cc([N+](=O)[O-])cc([N+](=O)[O-])c21. The first-order chi connectivity index (χ1) is 11.9. The van der Waals surface area contributed by atoms with Crippen LogP contribution in [0.2, 0.25) is 0 Å². The van der Waals surface area contributed by atoms with Gasteiger partial charge < -0.3 is 14.8 Å². The van der Waals surface area contributed by atoms with Crippen LogP contribution in [0.5, 0.6) is 0 Å². The lowest BCUT2D eigenvalue weighted by Gasteiger charge is -2.39. The third-order valence-electron chi connectivity index (χ3n) is 4.20. The van der Waals surface area contributed by atoms with Crippen molar-refractivity contribution in [1.82, 2.24) is 0 Å². The average Bonchev–Trinajstić information content (AvgIpc) is 2.55. The number of nitro groups is 3. The highest BCUT2D eigenvalue weighted by Gasteiger charge is 2.48. The summed E-state index contributed by atoms with van der Waals surface area (Å²) in [5.74, 6) is -2.62.